The molecule has 24 heavy (non-hydrogen) atoms. The lowest BCUT2D eigenvalue weighted by Crippen LogP contribution is -2.47. The largest absolute Gasteiger partial charge is 0.481 e. The van der Waals surface area contributed by atoms with Crippen LogP contribution in [0, 0.1) is 6.92 Å². The summed E-state index contributed by atoms with van der Waals surface area (Å²) in [5, 5.41) is 1.14. The molecule has 124 valence electrons. The molecule has 8 heteroatoms. The Morgan fingerprint density at radius 3 is 2.67 bits per heavy atom. The highest BCUT2D eigenvalue weighted by Crippen LogP contribution is 2.30. The van der Waals surface area contributed by atoms with Crippen molar-refractivity contribution in [3.63, 3.8) is 0 Å². The Bertz CT molecular complexity index is 859. The molecular formula is C16H18N6OS. The summed E-state index contributed by atoms with van der Waals surface area (Å²) in [6.07, 6.45) is 3.39. The lowest BCUT2D eigenvalue weighted by atomic mass is 10.2. The number of anilines is 2. The SMILES string of the molecule is COc1ccnc(N2CCN(c3ncnc4sc(C)cc34)CC2)n1. The second-order valence-electron chi connectivity index (χ2n) is 5.65. The first-order chi connectivity index (χ1) is 11.7. The van der Waals surface area contributed by atoms with Gasteiger partial charge in [0, 0.05) is 43.3 Å². The molecule has 0 amide bonds. The zero-order chi connectivity index (χ0) is 16.5. The second-order valence-corrected chi connectivity index (χ2v) is 6.88. The van der Waals surface area contributed by atoms with E-state index in [1.165, 1.54) is 4.88 Å². The number of aryl methyl sites for hydroxylation is 1. The molecule has 0 radical (unpaired) electrons. The molecule has 0 bridgehead atoms. The number of hydrogen-bond donors (Lipinski definition) is 0. The van der Waals surface area contributed by atoms with Gasteiger partial charge in [0.15, 0.2) is 0 Å². The molecule has 4 heterocycles. The number of piperazine rings is 1. The number of aromatic nitrogens is 4. The predicted octanol–water partition coefficient (Wildman–Crippen LogP) is 2.12. The Balaban J connectivity index is 1.53. The molecule has 0 aliphatic carbocycles. The van der Waals surface area contributed by atoms with Gasteiger partial charge in [0.25, 0.3) is 0 Å². The number of nitrogens with zero attached hydrogens (tertiary/aromatic N) is 6. The van der Waals surface area contributed by atoms with Crippen LogP contribution in [0.2, 0.25) is 0 Å². The number of thiophene rings is 1. The highest BCUT2D eigenvalue weighted by molar-refractivity contribution is 7.18. The van der Waals surface area contributed by atoms with Crippen LogP contribution in [0.3, 0.4) is 0 Å². The Hall–Kier alpha value is -2.48. The molecule has 0 spiro atoms. The van der Waals surface area contributed by atoms with Crippen molar-refractivity contribution in [1.29, 1.82) is 0 Å². The molecule has 3 aromatic heterocycles. The fraction of sp³-hybridized carbons (Fsp3) is 0.375. The van der Waals surface area contributed by atoms with Gasteiger partial charge in [-0.25, -0.2) is 15.0 Å². The van der Waals surface area contributed by atoms with Crippen molar-refractivity contribution < 1.29 is 4.74 Å². The summed E-state index contributed by atoms with van der Waals surface area (Å²) in [6.45, 7) is 5.56. The van der Waals surface area contributed by atoms with Crippen molar-refractivity contribution in [2.24, 2.45) is 0 Å². The minimum Gasteiger partial charge on any atom is -0.481 e. The first kappa shape index (κ1) is 15.1. The van der Waals surface area contributed by atoms with Crippen molar-refractivity contribution in [3.05, 3.63) is 29.5 Å². The molecule has 1 saturated heterocycles. The maximum Gasteiger partial charge on any atom is 0.228 e. The van der Waals surface area contributed by atoms with E-state index in [2.05, 4.69) is 42.7 Å². The second kappa shape index (κ2) is 6.20. The minimum atomic E-state index is 0.591. The number of hydrogen-bond acceptors (Lipinski definition) is 8. The molecule has 1 aliphatic rings. The van der Waals surface area contributed by atoms with Crippen molar-refractivity contribution in [1.82, 2.24) is 19.9 Å². The molecular weight excluding hydrogens is 324 g/mol. The monoisotopic (exact) mass is 342 g/mol. The number of methoxy groups -OCH3 is 1. The highest BCUT2D eigenvalue weighted by Gasteiger charge is 2.22. The summed E-state index contributed by atoms with van der Waals surface area (Å²) in [4.78, 5) is 24.5. The molecule has 0 aromatic carbocycles. The third-order valence-electron chi connectivity index (χ3n) is 4.12. The normalized spacial score (nSPS) is 15.1. The Labute approximate surface area is 144 Å². The fourth-order valence-electron chi connectivity index (χ4n) is 2.93. The minimum absolute atomic E-state index is 0.591. The molecule has 0 unspecified atom stereocenters. The third-order valence-corrected chi connectivity index (χ3v) is 5.08. The number of ether oxygens (including phenoxy) is 1. The predicted molar refractivity (Wildman–Crippen MR) is 95.2 cm³/mol. The molecule has 1 fully saturated rings. The van der Waals surface area contributed by atoms with E-state index in [-0.39, 0.29) is 0 Å². The Morgan fingerprint density at radius 2 is 1.88 bits per heavy atom. The van der Waals surface area contributed by atoms with Gasteiger partial charge in [-0.15, -0.1) is 11.3 Å². The summed E-state index contributed by atoms with van der Waals surface area (Å²) in [5.41, 5.74) is 0. The van der Waals surface area contributed by atoms with Gasteiger partial charge in [-0.1, -0.05) is 0 Å². The van der Waals surface area contributed by atoms with E-state index < -0.39 is 0 Å². The van der Waals surface area contributed by atoms with Crippen LogP contribution in [-0.2, 0) is 0 Å². The topological polar surface area (TPSA) is 67.3 Å². The maximum atomic E-state index is 5.18. The summed E-state index contributed by atoms with van der Waals surface area (Å²) in [7, 11) is 1.62. The van der Waals surface area contributed by atoms with Gasteiger partial charge in [-0.2, -0.15) is 4.98 Å². The molecule has 0 atom stereocenters. The van der Waals surface area contributed by atoms with E-state index in [4.69, 9.17) is 4.74 Å². The van der Waals surface area contributed by atoms with E-state index in [1.807, 2.05) is 0 Å². The van der Waals surface area contributed by atoms with E-state index in [0.717, 1.165) is 42.2 Å². The van der Waals surface area contributed by atoms with Gasteiger partial charge in [-0.05, 0) is 13.0 Å². The van der Waals surface area contributed by atoms with Crippen LogP contribution < -0.4 is 14.5 Å². The summed E-state index contributed by atoms with van der Waals surface area (Å²) >= 11 is 1.71. The first-order valence-corrected chi connectivity index (χ1v) is 8.64. The van der Waals surface area contributed by atoms with E-state index >= 15 is 0 Å². The molecule has 4 rings (SSSR count). The molecule has 1 aliphatic heterocycles. The lowest BCUT2D eigenvalue weighted by molar-refractivity contribution is 0.396. The smallest absolute Gasteiger partial charge is 0.228 e. The standard InChI is InChI=1S/C16H18N6OS/c1-11-9-12-14(18-10-19-15(12)24-11)21-5-7-22(8-6-21)16-17-4-3-13(20-16)23-2/h3-4,9-10H,5-8H2,1-2H3. The fourth-order valence-corrected chi connectivity index (χ4v) is 3.77. The van der Waals surface area contributed by atoms with Crippen LogP contribution in [0.5, 0.6) is 5.88 Å². The summed E-state index contributed by atoms with van der Waals surface area (Å²) in [6, 6.07) is 3.93. The van der Waals surface area contributed by atoms with E-state index in [1.54, 1.807) is 37.0 Å². The van der Waals surface area contributed by atoms with Gasteiger partial charge >= 0.3 is 0 Å². The van der Waals surface area contributed by atoms with Gasteiger partial charge in [0.1, 0.15) is 17.0 Å². The molecule has 0 N–H and O–H groups in total. The quantitative estimate of drug-likeness (QED) is 0.722. The van der Waals surface area contributed by atoms with Crippen LogP contribution in [0.25, 0.3) is 10.2 Å². The van der Waals surface area contributed by atoms with Crippen LogP contribution >= 0.6 is 11.3 Å². The van der Waals surface area contributed by atoms with Crippen LogP contribution in [0.15, 0.2) is 24.7 Å². The van der Waals surface area contributed by atoms with E-state index in [0.29, 0.717) is 11.8 Å². The summed E-state index contributed by atoms with van der Waals surface area (Å²) in [5.74, 6) is 2.33. The van der Waals surface area contributed by atoms with Crippen molar-refractivity contribution >= 4 is 33.3 Å². The van der Waals surface area contributed by atoms with E-state index in [9.17, 15) is 0 Å². The van der Waals surface area contributed by atoms with Crippen LogP contribution in [0.4, 0.5) is 11.8 Å². The van der Waals surface area contributed by atoms with Crippen molar-refractivity contribution in [3.8, 4) is 5.88 Å². The first-order valence-electron chi connectivity index (χ1n) is 7.82. The van der Waals surface area contributed by atoms with Gasteiger partial charge in [0.2, 0.25) is 11.8 Å². The van der Waals surface area contributed by atoms with Crippen LogP contribution in [-0.4, -0.2) is 53.2 Å². The van der Waals surface area contributed by atoms with Crippen molar-refractivity contribution in [2.45, 2.75) is 6.92 Å². The lowest BCUT2D eigenvalue weighted by Gasteiger charge is -2.35. The Morgan fingerprint density at radius 1 is 1.08 bits per heavy atom. The summed E-state index contributed by atoms with van der Waals surface area (Å²) < 4.78 is 5.18. The molecule has 0 saturated carbocycles. The number of fused-ring (bicyclic) bond motifs is 1. The van der Waals surface area contributed by atoms with Gasteiger partial charge in [-0.3, -0.25) is 0 Å². The third kappa shape index (κ3) is 2.73. The highest BCUT2D eigenvalue weighted by atomic mass is 32.1. The maximum absolute atomic E-state index is 5.18. The zero-order valence-electron chi connectivity index (χ0n) is 13.6. The van der Waals surface area contributed by atoms with Crippen LogP contribution in [0.1, 0.15) is 4.88 Å². The number of rotatable bonds is 3. The van der Waals surface area contributed by atoms with Gasteiger partial charge in [0.05, 0.1) is 12.5 Å². The van der Waals surface area contributed by atoms with Crippen molar-refractivity contribution in [2.75, 3.05) is 43.1 Å². The Kier molecular flexibility index (Phi) is 3.89. The molecule has 7 nitrogen and oxygen atoms in total. The average molecular weight is 342 g/mol. The zero-order valence-corrected chi connectivity index (χ0v) is 14.5. The average Bonchev–Trinajstić information content (AvgIpc) is 3.02. The van der Waals surface area contributed by atoms with Gasteiger partial charge < -0.3 is 14.5 Å². The molecule has 3 aromatic rings.